The Labute approximate surface area is 99.1 Å². The average molecular weight is 241 g/mol. The first-order valence-corrected chi connectivity index (χ1v) is 5.13. The van der Waals surface area contributed by atoms with Gasteiger partial charge < -0.3 is 15.5 Å². The van der Waals surface area contributed by atoms with Crippen molar-refractivity contribution in [2.24, 2.45) is 0 Å². The molecule has 16 heavy (non-hydrogen) atoms. The molecule has 1 atom stereocenters. The van der Waals surface area contributed by atoms with Gasteiger partial charge in [0.1, 0.15) is 11.7 Å². The molecule has 0 heterocycles. The third-order valence-electron chi connectivity index (χ3n) is 2.10. The molecule has 0 fully saturated rings. The lowest BCUT2D eigenvalue weighted by atomic mass is 10.1. The number of anilines is 1. The predicted molar refractivity (Wildman–Crippen MR) is 62.4 cm³/mol. The maximum Gasteiger partial charge on any atom is 0.102 e. The fraction of sp³-hybridized carbons (Fsp3) is 0.364. The molecule has 1 rings (SSSR count). The summed E-state index contributed by atoms with van der Waals surface area (Å²) in [6.07, 6.45) is 0. The van der Waals surface area contributed by atoms with E-state index in [0.717, 1.165) is 0 Å². The van der Waals surface area contributed by atoms with Gasteiger partial charge in [-0.2, -0.15) is 5.26 Å². The van der Waals surface area contributed by atoms with Crippen molar-refractivity contribution in [1.82, 2.24) is 0 Å². The number of nitrogens with zero attached hydrogens (tertiary/aromatic N) is 1. The number of nitrogens with one attached hydrogen (secondary N) is 1. The zero-order valence-corrected chi connectivity index (χ0v) is 9.62. The monoisotopic (exact) mass is 240 g/mol. The average Bonchev–Trinajstić information content (AvgIpc) is 2.27. The van der Waals surface area contributed by atoms with Crippen LogP contribution in [0.3, 0.4) is 0 Å². The molecule has 0 aliphatic rings. The van der Waals surface area contributed by atoms with Crippen LogP contribution >= 0.6 is 11.6 Å². The van der Waals surface area contributed by atoms with E-state index in [1.165, 1.54) is 13.0 Å². The van der Waals surface area contributed by atoms with Crippen molar-refractivity contribution in [1.29, 1.82) is 5.26 Å². The molecule has 0 aromatic heterocycles. The van der Waals surface area contributed by atoms with Gasteiger partial charge in [-0.15, -0.1) is 0 Å². The Hall–Kier alpha value is -1.28. The highest BCUT2D eigenvalue weighted by molar-refractivity contribution is 6.30. The molecule has 0 spiro atoms. The largest absolute Gasteiger partial charge is 0.393 e. The van der Waals surface area contributed by atoms with Crippen molar-refractivity contribution in [3.8, 4) is 6.07 Å². The van der Waals surface area contributed by atoms with E-state index >= 15 is 0 Å². The van der Waals surface area contributed by atoms with E-state index in [1.807, 2.05) is 6.07 Å². The van der Waals surface area contributed by atoms with Crippen molar-refractivity contribution < 1.29 is 10.2 Å². The zero-order valence-electron chi connectivity index (χ0n) is 8.87. The minimum Gasteiger partial charge on any atom is -0.393 e. The van der Waals surface area contributed by atoms with Gasteiger partial charge in [0.15, 0.2) is 0 Å². The molecule has 5 heteroatoms. The van der Waals surface area contributed by atoms with E-state index in [0.29, 0.717) is 16.3 Å². The predicted octanol–water partition coefficient (Wildman–Crippen LogP) is 1.37. The summed E-state index contributed by atoms with van der Waals surface area (Å²) in [5.41, 5.74) is -0.228. The van der Waals surface area contributed by atoms with Gasteiger partial charge in [0, 0.05) is 11.6 Å². The maximum atomic E-state index is 9.58. The lowest BCUT2D eigenvalue weighted by molar-refractivity contribution is 0.0132. The van der Waals surface area contributed by atoms with Crippen molar-refractivity contribution in [3.63, 3.8) is 0 Å². The number of hydrogen-bond donors (Lipinski definition) is 3. The fourth-order valence-corrected chi connectivity index (χ4v) is 1.28. The molecular formula is C11H13ClN2O2. The second-order valence-electron chi connectivity index (χ2n) is 3.81. The molecule has 1 aromatic carbocycles. The molecular weight excluding hydrogens is 228 g/mol. The van der Waals surface area contributed by atoms with Crippen LogP contribution in [0.1, 0.15) is 12.5 Å². The third-order valence-corrected chi connectivity index (χ3v) is 2.34. The van der Waals surface area contributed by atoms with Crippen LogP contribution in [0, 0.1) is 11.3 Å². The van der Waals surface area contributed by atoms with E-state index in [4.69, 9.17) is 22.0 Å². The Morgan fingerprint density at radius 1 is 1.56 bits per heavy atom. The molecule has 0 bridgehead atoms. The van der Waals surface area contributed by atoms with Crippen LogP contribution in [0.5, 0.6) is 0 Å². The van der Waals surface area contributed by atoms with Crippen LogP contribution in [-0.4, -0.2) is 29.0 Å². The topological polar surface area (TPSA) is 76.3 Å². The summed E-state index contributed by atoms with van der Waals surface area (Å²) in [4.78, 5) is 0. The van der Waals surface area contributed by atoms with Crippen LogP contribution in [0.2, 0.25) is 5.02 Å². The lowest BCUT2D eigenvalue weighted by Crippen LogP contribution is -2.37. The highest BCUT2D eigenvalue weighted by atomic mass is 35.5. The summed E-state index contributed by atoms with van der Waals surface area (Å²) in [5, 5.41) is 30.7. The first kappa shape index (κ1) is 12.8. The quantitative estimate of drug-likeness (QED) is 0.743. The molecule has 0 saturated heterocycles. The normalized spacial score (nSPS) is 13.9. The van der Waals surface area contributed by atoms with Crippen LogP contribution in [0.4, 0.5) is 5.69 Å². The molecule has 0 radical (unpaired) electrons. The molecule has 0 amide bonds. The highest BCUT2D eigenvalue weighted by Crippen LogP contribution is 2.20. The minimum absolute atomic E-state index is 0.153. The van der Waals surface area contributed by atoms with Gasteiger partial charge in [-0.3, -0.25) is 0 Å². The van der Waals surface area contributed by atoms with Crippen LogP contribution in [-0.2, 0) is 0 Å². The number of benzene rings is 1. The molecule has 3 N–H and O–H groups in total. The maximum absolute atomic E-state index is 9.58. The minimum atomic E-state index is -1.22. The summed E-state index contributed by atoms with van der Waals surface area (Å²) in [7, 11) is 0. The molecule has 1 aromatic rings. The van der Waals surface area contributed by atoms with E-state index in [-0.39, 0.29) is 13.2 Å². The smallest absolute Gasteiger partial charge is 0.102 e. The molecule has 4 nitrogen and oxygen atoms in total. The van der Waals surface area contributed by atoms with E-state index in [1.54, 1.807) is 12.1 Å². The van der Waals surface area contributed by atoms with Crippen LogP contribution in [0.25, 0.3) is 0 Å². The number of hydrogen-bond acceptors (Lipinski definition) is 4. The summed E-state index contributed by atoms with van der Waals surface area (Å²) in [6.45, 7) is 1.30. The van der Waals surface area contributed by atoms with Gasteiger partial charge in [-0.25, -0.2) is 0 Å². The van der Waals surface area contributed by atoms with Crippen molar-refractivity contribution in [3.05, 3.63) is 28.8 Å². The standard InChI is InChI=1S/C11H13ClN2O2/c1-11(16,7-15)6-14-10-3-2-9(12)4-8(10)5-13/h2-4,14-16H,6-7H2,1H3. The fourth-order valence-electron chi connectivity index (χ4n) is 1.10. The Kier molecular flexibility index (Phi) is 4.13. The Bertz CT molecular complexity index is 413. The van der Waals surface area contributed by atoms with Gasteiger partial charge >= 0.3 is 0 Å². The molecule has 0 aliphatic carbocycles. The summed E-state index contributed by atoms with van der Waals surface area (Å²) >= 11 is 5.74. The Morgan fingerprint density at radius 2 is 2.25 bits per heavy atom. The second-order valence-corrected chi connectivity index (χ2v) is 4.25. The van der Waals surface area contributed by atoms with E-state index in [9.17, 15) is 5.11 Å². The zero-order chi connectivity index (χ0) is 12.2. The van der Waals surface area contributed by atoms with Gasteiger partial charge in [0.05, 0.1) is 17.9 Å². The number of aliphatic hydroxyl groups is 2. The Balaban J connectivity index is 2.79. The lowest BCUT2D eigenvalue weighted by Gasteiger charge is -2.21. The number of rotatable bonds is 4. The molecule has 1 unspecified atom stereocenters. The van der Waals surface area contributed by atoms with Crippen LogP contribution in [0.15, 0.2) is 18.2 Å². The SMILES string of the molecule is CC(O)(CO)CNc1ccc(Cl)cc1C#N. The van der Waals surface area contributed by atoms with Gasteiger partial charge in [-0.1, -0.05) is 11.6 Å². The molecule has 86 valence electrons. The Morgan fingerprint density at radius 3 is 2.81 bits per heavy atom. The number of nitriles is 1. The second kappa shape index (κ2) is 5.17. The first-order valence-electron chi connectivity index (χ1n) is 4.75. The van der Waals surface area contributed by atoms with Crippen molar-refractivity contribution >= 4 is 17.3 Å². The van der Waals surface area contributed by atoms with Crippen molar-refractivity contribution in [2.75, 3.05) is 18.5 Å². The van der Waals surface area contributed by atoms with Gasteiger partial charge in [0.2, 0.25) is 0 Å². The summed E-state index contributed by atoms with van der Waals surface area (Å²) < 4.78 is 0. The summed E-state index contributed by atoms with van der Waals surface area (Å²) in [5.74, 6) is 0. The molecule has 0 aliphatic heterocycles. The van der Waals surface area contributed by atoms with Crippen molar-refractivity contribution in [2.45, 2.75) is 12.5 Å². The van der Waals surface area contributed by atoms with Crippen LogP contribution < -0.4 is 5.32 Å². The molecule has 0 saturated carbocycles. The highest BCUT2D eigenvalue weighted by Gasteiger charge is 2.18. The summed E-state index contributed by atoms with van der Waals surface area (Å²) in [6, 6.07) is 6.85. The van der Waals surface area contributed by atoms with E-state index in [2.05, 4.69) is 5.32 Å². The number of aliphatic hydroxyl groups excluding tert-OH is 1. The van der Waals surface area contributed by atoms with E-state index < -0.39 is 5.60 Å². The van der Waals surface area contributed by atoms with Gasteiger partial charge in [-0.05, 0) is 25.1 Å². The third kappa shape index (κ3) is 3.38. The first-order chi connectivity index (χ1) is 7.48. The van der Waals surface area contributed by atoms with Gasteiger partial charge in [0.25, 0.3) is 0 Å². The number of halogens is 1.